The van der Waals surface area contributed by atoms with Crippen molar-refractivity contribution in [1.82, 2.24) is 4.98 Å². The third-order valence-corrected chi connectivity index (χ3v) is 1.79. The van der Waals surface area contributed by atoms with Gasteiger partial charge in [-0.3, -0.25) is 19.9 Å². The van der Waals surface area contributed by atoms with Crippen LogP contribution in [0.5, 0.6) is 0 Å². The van der Waals surface area contributed by atoms with E-state index in [1.807, 2.05) is 0 Å². The second kappa shape index (κ2) is 4.47. The lowest BCUT2D eigenvalue weighted by Gasteiger charge is -2.05. The van der Waals surface area contributed by atoms with Crippen LogP contribution in [0.4, 0.5) is 5.69 Å². The van der Waals surface area contributed by atoms with Gasteiger partial charge in [-0.2, -0.15) is 0 Å². The zero-order valence-electron chi connectivity index (χ0n) is 7.66. The van der Waals surface area contributed by atoms with Gasteiger partial charge in [0.05, 0.1) is 4.92 Å². The molecule has 7 nitrogen and oxygen atoms in total. The maximum Gasteiger partial charge on any atom is 0.320 e. The van der Waals surface area contributed by atoms with Crippen molar-refractivity contribution in [3.63, 3.8) is 0 Å². The van der Waals surface area contributed by atoms with E-state index in [0.717, 1.165) is 0 Å². The van der Waals surface area contributed by atoms with Crippen LogP contribution < -0.4 is 5.73 Å². The molecule has 0 aliphatic rings. The molecule has 1 rings (SSSR count). The summed E-state index contributed by atoms with van der Waals surface area (Å²) < 4.78 is 0. The summed E-state index contributed by atoms with van der Waals surface area (Å²) in [4.78, 5) is 24.1. The summed E-state index contributed by atoms with van der Waals surface area (Å²) in [5, 5.41) is 19.1. The maximum atomic E-state index is 10.6. The number of hydrogen-bond acceptors (Lipinski definition) is 5. The molecule has 0 aromatic carbocycles. The topological polar surface area (TPSA) is 119 Å². The second-order valence-corrected chi connectivity index (χ2v) is 2.88. The molecule has 0 spiro atoms. The molecule has 0 radical (unpaired) electrons. The maximum absolute atomic E-state index is 10.6. The van der Waals surface area contributed by atoms with E-state index in [0.29, 0.717) is 0 Å². The molecule has 0 saturated carbocycles. The van der Waals surface area contributed by atoms with Gasteiger partial charge in [0, 0.05) is 18.7 Å². The monoisotopic (exact) mass is 211 g/mol. The largest absolute Gasteiger partial charge is 0.480 e. The molecule has 0 fully saturated rings. The highest BCUT2D eigenvalue weighted by atomic mass is 16.6. The Hall–Kier alpha value is -2.02. The summed E-state index contributed by atoms with van der Waals surface area (Å²) in [6.45, 7) is 0. The van der Waals surface area contributed by atoms with Gasteiger partial charge in [0.15, 0.2) is 0 Å². The number of aliphatic carboxylic acids is 1. The fourth-order valence-corrected chi connectivity index (χ4v) is 1.05. The number of nitrogens with zero attached hydrogens (tertiary/aromatic N) is 2. The number of nitro groups is 1. The molecular formula is C8H9N3O4. The van der Waals surface area contributed by atoms with Crippen LogP contribution in [0.15, 0.2) is 18.3 Å². The van der Waals surface area contributed by atoms with Crippen LogP contribution in [0, 0.1) is 10.1 Å². The Morgan fingerprint density at radius 1 is 1.73 bits per heavy atom. The highest BCUT2D eigenvalue weighted by molar-refractivity contribution is 5.73. The van der Waals surface area contributed by atoms with Gasteiger partial charge in [-0.05, 0) is 6.07 Å². The Bertz CT molecular complexity index is 393. The SMILES string of the molecule is NC(Cc1ncccc1[N+](=O)[O-])C(=O)O. The average Bonchev–Trinajstić information content (AvgIpc) is 2.18. The van der Waals surface area contributed by atoms with Crippen LogP contribution in [0.25, 0.3) is 0 Å². The van der Waals surface area contributed by atoms with Gasteiger partial charge in [0.25, 0.3) is 5.69 Å². The number of carboxylic acid groups (broad SMARTS) is 1. The first-order chi connectivity index (χ1) is 7.02. The lowest BCUT2D eigenvalue weighted by molar-refractivity contribution is -0.385. The molecule has 1 atom stereocenters. The smallest absolute Gasteiger partial charge is 0.320 e. The quantitative estimate of drug-likeness (QED) is 0.532. The Kier molecular flexibility index (Phi) is 3.29. The van der Waals surface area contributed by atoms with Crippen molar-refractivity contribution in [3.05, 3.63) is 34.1 Å². The molecule has 1 aromatic heterocycles. The number of pyridine rings is 1. The predicted molar refractivity (Wildman–Crippen MR) is 50.2 cm³/mol. The summed E-state index contributed by atoms with van der Waals surface area (Å²) in [5.41, 5.74) is 5.12. The van der Waals surface area contributed by atoms with Crippen molar-refractivity contribution in [2.24, 2.45) is 5.73 Å². The molecular weight excluding hydrogens is 202 g/mol. The van der Waals surface area contributed by atoms with E-state index in [2.05, 4.69) is 4.98 Å². The zero-order chi connectivity index (χ0) is 11.4. The van der Waals surface area contributed by atoms with Crippen LogP contribution in [-0.2, 0) is 11.2 Å². The Labute approximate surface area is 84.7 Å². The third-order valence-electron chi connectivity index (χ3n) is 1.79. The molecule has 0 aliphatic heterocycles. The van der Waals surface area contributed by atoms with Crippen molar-refractivity contribution in [2.45, 2.75) is 12.5 Å². The molecule has 80 valence electrons. The normalized spacial score (nSPS) is 12.1. The first-order valence-electron chi connectivity index (χ1n) is 4.09. The van der Waals surface area contributed by atoms with Gasteiger partial charge >= 0.3 is 5.97 Å². The summed E-state index contributed by atoms with van der Waals surface area (Å²) in [5.74, 6) is -1.21. The minimum absolute atomic E-state index is 0.0809. The van der Waals surface area contributed by atoms with Crippen molar-refractivity contribution < 1.29 is 14.8 Å². The highest BCUT2D eigenvalue weighted by Gasteiger charge is 2.20. The van der Waals surface area contributed by atoms with E-state index < -0.39 is 16.9 Å². The summed E-state index contributed by atoms with van der Waals surface area (Å²) >= 11 is 0. The first kappa shape index (κ1) is 11.1. The van der Waals surface area contributed by atoms with E-state index in [9.17, 15) is 14.9 Å². The Morgan fingerprint density at radius 2 is 2.40 bits per heavy atom. The molecule has 1 heterocycles. The standard InChI is InChI=1S/C8H9N3O4/c9-5(8(12)13)4-6-7(11(14)15)2-1-3-10-6/h1-3,5H,4,9H2,(H,12,13). The molecule has 7 heteroatoms. The number of carbonyl (C=O) groups is 1. The molecule has 0 saturated heterocycles. The van der Waals surface area contributed by atoms with Crippen molar-refractivity contribution in [1.29, 1.82) is 0 Å². The van der Waals surface area contributed by atoms with Gasteiger partial charge in [0.1, 0.15) is 11.7 Å². The van der Waals surface area contributed by atoms with Crippen LogP contribution in [0.1, 0.15) is 5.69 Å². The van der Waals surface area contributed by atoms with Crippen LogP contribution in [-0.4, -0.2) is 27.0 Å². The van der Waals surface area contributed by atoms with Crippen molar-refractivity contribution in [2.75, 3.05) is 0 Å². The van der Waals surface area contributed by atoms with E-state index in [-0.39, 0.29) is 17.8 Å². The Morgan fingerprint density at radius 3 is 2.93 bits per heavy atom. The minimum atomic E-state index is -1.21. The van der Waals surface area contributed by atoms with Gasteiger partial charge in [-0.15, -0.1) is 0 Å². The minimum Gasteiger partial charge on any atom is -0.480 e. The van der Waals surface area contributed by atoms with Crippen LogP contribution in [0.2, 0.25) is 0 Å². The third kappa shape index (κ3) is 2.71. The lowest BCUT2D eigenvalue weighted by atomic mass is 10.1. The zero-order valence-corrected chi connectivity index (χ0v) is 7.66. The average molecular weight is 211 g/mol. The molecule has 1 aromatic rings. The number of hydrogen-bond donors (Lipinski definition) is 2. The fourth-order valence-electron chi connectivity index (χ4n) is 1.05. The molecule has 0 amide bonds. The number of carboxylic acids is 1. The molecule has 0 bridgehead atoms. The molecule has 3 N–H and O–H groups in total. The molecule has 1 unspecified atom stereocenters. The number of aromatic nitrogens is 1. The van der Waals surface area contributed by atoms with Gasteiger partial charge in [-0.1, -0.05) is 0 Å². The fraction of sp³-hybridized carbons (Fsp3) is 0.250. The summed E-state index contributed by atoms with van der Waals surface area (Å²) in [6.07, 6.45) is 1.20. The summed E-state index contributed by atoms with van der Waals surface area (Å²) in [6, 6.07) is 1.49. The number of nitrogens with two attached hydrogens (primary N) is 1. The van der Waals surface area contributed by atoms with Crippen LogP contribution >= 0.6 is 0 Å². The second-order valence-electron chi connectivity index (χ2n) is 2.88. The molecule has 15 heavy (non-hydrogen) atoms. The first-order valence-corrected chi connectivity index (χ1v) is 4.09. The van der Waals surface area contributed by atoms with E-state index in [1.165, 1.54) is 18.3 Å². The van der Waals surface area contributed by atoms with E-state index in [1.54, 1.807) is 0 Å². The predicted octanol–water partition coefficient (Wildman–Crippen LogP) is -0.0558. The van der Waals surface area contributed by atoms with Crippen LogP contribution in [0.3, 0.4) is 0 Å². The van der Waals surface area contributed by atoms with Crippen molar-refractivity contribution in [3.8, 4) is 0 Å². The highest BCUT2D eigenvalue weighted by Crippen LogP contribution is 2.16. The van der Waals surface area contributed by atoms with E-state index in [4.69, 9.17) is 10.8 Å². The van der Waals surface area contributed by atoms with Gasteiger partial charge < -0.3 is 10.8 Å². The lowest BCUT2D eigenvalue weighted by Crippen LogP contribution is -2.32. The Balaban J connectivity index is 2.94. The number of rotatable bonds is 4. The van der Waals surface area contributed by atoms with Crippen molar-refractivity contribution >= 4 is 11.7 Å². The van der Waals surface area contributed by atoms with Gasteiger partial charge in [-0.25, -0.2) is 0 Å². The summed E-state index contributed by atoms with van der Waals surface area (Å²) in [7, 11) is 0. The van der Waals surface area contributed by atoms with Gasteiger partial charge in [0.2, 0.25) is 0 Å². The van der Waals surface area contributed by atoms with E-state index >= 15 is 0 Å². The molecule has 0 aliphatic carbocycles.